The molecule has 1 aromatic carbocycles. The van der Waals surface area contributed by atoms with Crippen molar-refractivity contribution in [3.63, 3.8) is 0 Å². The molecule has 4 nitrogen and oxygen atoms in total. The van der Waals surface area contributed by atoms with E-state index >= 15 is 0 Å². The van der Waals surface area contributed by atoms with Crippen LogP contribution in [0.2, 0.25) is 0 Å². The van der Waals surface area contributed by atoms with Crippen molar-refractivity contribution in [2.24, 2.45) is 0 Å². The summed E-state index contributed by atoms with van der Waals surface area (Å²) < 4.78 is 18.1. The monoisotopic (exact) mass is 252 g/mol. The molecule has 0 saturated carbocycles. The van der Waals surface area contributed by atoms with Crippen LogP contribution in [0.4, 0.5) is 14.9 Å². The topological polar surface area (TPSA) is 41.6 Å². The van der Waals surface area contributed by atoms with Gasteiger partial charge >= 0.3 is 6.03 Å². The highest BCUT2D eigenvalue weighted by Gasteiger charge is 2.21. The average Bonchev–Trinajstić information content (AvgIpc) is 2.85. The summed E-state index contributed by atoms with van der Waals surface area (Å²) in [5, 5.41) is 2.91. The summed E-state index contributed by atoms with van der Waals surface area (Å²) in [5.74, 6) is -0.306. The van der Waals surface area contributed by atoms with E-state index in [1.165, 1.54) is 12.1 Å². The number of nitrogens with zero attached hydrogens (tertiary/aromatic N) is 1. The number of rotatable bonds is 3. The SMILES string of the molecule is CCN(C(=O)NC1CCOC1)c1ccc(F)cc1. The lowest BCUT2D eigenvalue weighted by Gasteiger charge is -2.23. The molecular weight excluding hydrogens is 235 g/mol. The Morgan fingerprint density at radius 3 is 2.78 bits per heavy atom. The number of halogens is 1. The number of carbonyl (C=O) groups excluding carboxylic acids is 1. The maximum atomic E-state index is 12.8. The van der Waals surface area contributed by atoms with Crippen LogP contribution in [0.25, 0.3) is 0 Å². The zero-order valence-corrected chi connectivity index (χ0v) is 10.4. The molecule has 1 aromatic rings. The molecule has 18 heavy (non-hydrogen) atoms. The van der Waals surface area contributed by atoms with Crippen molar-refractivity contribution < 1.29 is 13.9 Å². The van der Waals surface area contributed by atoms with Crippen LogP contribution in [-0.4, -0.2) is 31.8 Å². The smallest absolute Gasteiger partial charge is 0.322 e. The van der Waals surface area contributed by atoms with Crippen LogP contribution in [0.5, 0.6) is 0 Å². The van der Waals surface area contributed by atoms with Gasteiger partial charge in [-0.2, -0.15) is 0 Å². The third kappa shape index (κ3) is 2.98. The molecule has 2 amide bonds. The Bertz CT molecular complexity index is 402. The van der Waals surface area contributed by atoms with Crippen molar-refractivity contribution in [3.05, 3.63) is 30.1 Å². The summed E-state index contributed by atoms with van der Waals surface area (Å²) in [4.78, 5) is 13.7. The Morgan fingerprint density at radius 2 is 2.22 bits per heavy atom. The highest BCUT2D eigenvalue weighted by Crippen LogP contribution is 2.15. The van der Waals surface area contributed by atoms with Gasteiger partial charge in [-0.05, 0) is 37.6 Å². The normalized spacial score (nSPS) is 18.7. The Morgan fingerprint density at radius 1 is 1.50 bits per heavy atom. The van der Waals surface area contributed by atoms with Gasteiger partial charge in [-0.3, -0.25) is 4.90 Å². The van der Waals surface area contributed by atoms with E-state index < -0.39 is 0 Å². The molecule has 2 rings (SSSR count). The molecule has 1 heterocycles. The molecule has 0 aromatic heterocycles. The third-order valence-electron chi connectivity index (χ3n) is 2.96. The maximum Gasteiger partial charge on any atom is 0.322 e. The highest BCUT2D eigenvalue weighted by molar-refractivity contribution is 5.92. The second kappa shape index (κ2) is 5.82. The first-order chi connectivity index (χ1) is 8.70. The predicted octanol–water partition coefficient (Wildman–Crippen LogP) is 2.15. The van der Waals surface area contributed by atoms with Crippen LogP contribution >= 0.6 is 0 Å². The van der Waals surface area contributed by atoms with E-state index in [0.717, 1.165) is 6.42 Å². The number of nitrogens with one attached hydrogen (secondary N) is 1. The zero-order valence-electron chi connectivity index (χ0n) is 10.4. The minimum absolute atomic E-state index is 0.0759. The van der Waals surface area contributed by atoms with Crippen molar-refractivity contribution in [1.29, 1.82) is 0 Å². The standard InChI is InChI=1S/C13H17FN2O2/c1-2-16(12-5-3-10(14)4-6-12)13(17)15-11-7-8-18-9-11/h3-6,11H,2,7-9H2,1H3,(H,15,17). The number of amides is 2. The first kappa shape index (κ1) is 12.8. The fourth-order valence-corrected chi connectivity index (χ4v) is 1.97. The number of carbonyl (C=O) groups is 1. The van der Waals surface area contributed by atoms with Gasteiger partial charge in [0.2, 0.25) is 0 Å². The lowest BCUT2D eigenvalue weighted by atomic mass is 10.2. The number of benzene rings is 1. The van der Waals surface area contributed by atoms with Gasteiger partial charge in [-0.15, -0.1) is 0 Å². The highest BCUT2D eigenvalue weighted by atomic mass is 19.1. The first-order valence-corrected chi connectivity index (χ1v) is 6.12. The summed E-state index contributed by atoms with van der Waals surface area (Å²) in [7, 11) is 0. The van der Waals surface area contributed by atoms with E-state index in [-0.39, 0.29) is 17.9 Å². The number of hydrogen-bond acceptors (Lipinski definition) is 2. The van der Waals surface area contributed by atoms with Crippen LogP contribution in [-0.2, 0) is 4.74 Å². The van der Waals surface area contributed by atoms with Crippen LogP contribution in [0.15, 0.2) is 24.3 Å². The summed E-state index contributed by atoms with van der Waals surface area (Å²) >= 11 is 0. The van der Waals surface area contributed by atoms with Gasteiger partial charge in [0.15, 0.2) is 0 Å². The molecule has 1 unspecified atom stereocenters. The van der Waals surface area contributed by atoms with Crippen molar-refractivity contribution in [2.45, 2.75) is 19.4 Å². The zero-order chi connectivity index (χ0) is 13.0. The van der Waals surface area contributed by atoms with Crippen LogP contribution in [0.3, 0.4) is 0 Å². The van der Waals surface area contributed by atoms with Crippen LogP contribution in [0.1, 0.15) is 13.3 Å². The molecule has 1 saturated heterocycles. The quantitative estimate of drug-likeness (QED) is 0.895. The first-order valence-electron chi connectivity index (χ1n) is 6.12. The second-order valence-corrected chi connectivity index (χ2v) is 4.23. The molecule has 98 valence electrons. The van der Waals surface area contributed by atoms with E-state index in [1.54, 1.807) is 17.0 Å². The second-order valence-electron chi connectivity index (χ2n) is 4.23. The minimum atomic E-state index is -0.306. The molecule has 5 heteroatoms. The van der Waals surface area contributed by atoms with Crippen LogP contribution < -0.4 is 10.2 Å². The molecular formula is C13H17FN2O2. The third-order valence-corrected chi connectivity index (χ3v) is 2.96. The Hall–Kier alpha value is -1.62. The van der Waals surface area contributed by atoms with Gasteiger partial charge in [0, 0.05) is 18.8 Å². The Labute approximate surface area is 106 Å². The van der Waals surface area contributed by atoms with Gasteiger partial charge in [0.05, 0.1) is 12.6 Å². The van der Waals surface area contributed by atoms with E-state index in [4.69, 9.17) is 4.74 Å². The fourth-order valence-electron chi connectivity index (χ4n) is 1.97. The summed E-state index contributed by atoms with van der Waals surface area (Å²) in [6.45, 7) is 3.67. The van der Waals surface area contributed by atoms with Crippen molar-refractivity contribution in [3.8, 4) is 0 Å². The molecule has 0 aliphatic carbocycles. The molecule has 1 aliphatic rings. The van der Waals surface area contributed by atoms with Gasteiger partial charge < -0.3 is 10.1 Å². The van der Waals surface area contributed by atoms with E-state index in [0.29, 0.717) is 25.4 Å². The minimum Gasteiger partial charge on any atom is -0.379 e. The molecule has 1 fully saturated rings. The Balaban J connectivity index is 2.02. The van der Waals surface area contributed by atoms with E-state index in [9.17, 15) is 9.18 Å². The van der Waals surface area contributed by atoms with Gasteiger partial charge in [-0.1, -0.05) is 0 Å². The maximum absolute atomic E-state index is 12.8. The molecule has 0 radical (unpaired) electrons. The number of ether oxygens (including phenoxy) is 1. The molecule has 1 N–H and O–H groups in total. The number of anilines is 1. The number of urea groups is 1. The summed E-state index contributed by atoms with van der Waals surface area (Å²) in [6.07, 6.45) is 0.840. The average molecular weight is 252 g/mol. The van der Waals surface area contributed by atoms with Gasteiger partial charge in [0.1, 0.15) is 5.82 Å². The molecule has 0 spiro atoms. The van der Waals surface area contributed by atoms with Gasteiger partial charge in [-0.25, -0.2) is 9.18 Å². The molecule has 1 aliphatic heterocycles. The van der Waals surface area contributed by atoms with Crippen molar-refractivity contribution in [1.82, 2.24) is 5.32 Å². The fraction of sp³-hybridized carbons (Fsp3) is 0.462. The predicted molar refractivity (Wildman–Crippen MR) is 67.2 cm³/mol. The largest absolute Gasteiger partial charge is 0.379 e. The summed E-state index contributed by atoms with van der Waals surface area (Å²) in [6, 6.07) is 5.81. The lowest BCUT2D eigenvalue weighted by molar-refractivity contribution is 0.189. The van der Waals surface area contributed by atoms with Crippen molar-refractivity contribution in [2.75, 3.05) is 24.7 Å². The number of hydrogen-bond donors (Lipinski definition) is 1. The molecule has 1 atom stereocenters. The van der Waals surface area contributed by atoms with E-state index in [1.807, 2.05) is 6.92 Å². The Kier molecular flexibility index (Phi) is 4.15. The lowest BCUT2D eigenvalue weighted by Crippen LogP contribution is -2.45. The van der Waals surface area contributed by atoms with E-state index in [2.05, 4.69) is 5.32 Å². The van der Waals surface area contributed by atoms with Crippen LogP contribution in [0, 0.1) is 5.82 Å². The summed E-state index contributed by atoms with van der Waals surface area (Å²) in [5.41, 5.74) is 0.690. The van der Waals surface area contributed by atoms with Crippen molar-refractivity contribution >= 4 is 11.7 Å². The van der Waals surface area contributed by atoms with Gasteiger partial charge in [0.25, 0.3) is 0 Å². The molecule has 0 bridgehead atoms.